The first-order valence-corrected chi connectivity index (χ1v) is 7.13. The molecule has 0 bridgehead atoms. The van der Waals surface area contributed by atoms with Crippen molar-refractivity contribution in [3.63, 3.8) is 0 Å². The highest BCUT2D eigenvalue weighted by Gasteiger charge is 2.56. The van der Waals surface area contributed by atoms with Crippen LogP contribution < -0.4 is 4.74 Å². The molecule has 1 amide bonds. The van der Waals surface area contributed by atoms with Gasteiger partial charge in [0.1, 0.15) is 5.75 Å². The maximum atomic E-state index is 12.0. The Bertz CT molecular complexity index is 459. The molecule has 1 saturated heterocycles. The number of carbonyl (C=O) groups excluding carboxylic acids is 1. The predicted molar refractivity (Wildman–Crippen MR) is 74.0 cm³/mol. The van der Waals surface area contributed by atoms with E-state index in [0.29, 0.717) is 24.3 Å². The van der Waals surface area contributed by atoms with Crippen molar-refractivity contribution in [1.82, 2.24) is 4.90 Å². The maximum absolute atomic E-state index is 12.0. The van der Waals surface area contributed by atoms with Gasteiger partial charge in [0.25, 0.3) is 0 Å². The predicted octanol–water partition coefficient (Wildman–Crippen LogP) is 2.71. The zero-order chi connectivity index (χ0) is 13.3. The van der Waals surface area contributed by atoms with Crippen molar-refractivity contribution in [1.29, 1.82) is 0 Å². The summed E-state index contributed by atoms with van der Waals surface area (Å²) in [7, 11) is 0. The molecule has 1 aliphatic heterocycles. The fourth-order valence-corrected chi connectivity index (χ4v) is 3.03. The van der Waals surface area contributed by atoms with Crippen LogP contribution >= 0.6 is 0 Å². The molecule has 0 spiro atoms. The standard InChI is InChI=1S/C16H21NO2/c1-16-10-13(16)11-17(12-16)15(18)8-5-9-19-14-6-3-2-4-7-14/h2-4,6-7,13H,5,8-12H2,1H3. The first kappa shape index (κ1) is 12.5. The summed E-state index contributed by atoms with van der Waals surface area (Å²) in [5.74, 6) is 1.95. The Morgan fingerprint density at radius 3 is 2.89 bits per heavy atom. The van der Waals surface area contributed by atoms with Gasteiger partial charge in [-0.25, -0.2) is 0 Å². The molecule has 2 fully saturated rings. The van der Waals surface area contributed by atoms with Gasteiger partial charge in [-0.1, -0.05) is 25.1 Å². The largest absolute Gasteiger partial charge is 0.494 e. The molecule has 3 rings (SSSR count). The van der Waals surface area contributed by atoms with Gasteiger partial charge < -0.3 is 9.64 Å². The Morgan fingerprint density at radius 1 is 1.42 bits per heavy atom. The lowest BCUT2D eigenvalue weighted by Crippen LogP contribution is -2.31. The number of hydrogen-bond donors (Lipinski definition) is 0. The Morgan fingerprint density at radius 2 is 2.21 bits per heavy atom. The van der Waals surface area contributed by atoms with Crippen molar-refractivity contribution in [2.45, 2.75) is 26.2 Å². The summed E-state index contributed by atoms with van der Waals surface area (Å²) in [4.78, 5) is 14.1. The van der Waals surface area contributed by atoms with E-state index < -0.39 is 0 Å². The zero-order valence-electron chi connectivity index (χ0n) is 11.5. The second-order valence-electron chi connectivity index (χ2n) is 6.09. The monoisotopic (exact) mass is 259 g/mol. The number of nitrogens with zero attached hydrogens (tertiary/aromatic N) is 1. The molecule has 0 aromatic heterocycles. The zero-order valence-corrected chi connectivity index (χ0v) is 11.5. The molecule has 1 aliphatic carbocycles. The van der Waals surface area contributed by atoms with E-state index in [-0.39, 0.29) is 0 Å². The average Bonchev–Trinajstić information content (AvgIpc) is 2.93. The molecular weight excluding hydrogens is 238 g/mol. The van der Waals surface area contributed by atoms with Crippen molar-refractivity contribution in [2.75, 3.05) is 19.7 Å². The van der Waals surface area contributed by atoms with Gasteiger partial charge in [0.15, 0.2) is 0 Å². The van der Waals surface area contributed by atoms with Gasteiger partial charge in [0.2, 0.25) is 5.91 Å². The number of hydrogen-bond acceptors (Lipinski definition) is 2. The Kier molecular flexibility index (Phi) is 3.21. The Hall–Kier alpha value is -1.51. The highest BCUT2D eigenvalue weighted by Crippen LogP contribution is 2.57. The molecule has 1 saturated carbocycles. The summed E-state index contributed by atoms with van der Waals surface area (Å²) in [6.07, 6.45) is 2.72. The second kappa shape index (κ2) is 4.87. The number of likely N-dealkylation sites (tertiary alicyclic amines) is 1. The first-order chi connectivity index (χ1) is 9.17. The van der Waals surface area contributed by atoms with Gasteiger partial charge in [-0.05, 0) is 36.3 Å². The second-order valence-corrected chi connectivity index (χ2v) is 6.09. The molecule has 2 aliphatic rings. The van der Waals surface area contributed by atoms with Gasteiger partial charge in [-0.3, -0.25) is 4.79 Å². The van der Waals surface area contributed by atoms with Crippen LogP contribution in [0.1, 0.15) is 26.2 Å². The van der Waals surface area contributed by atoms with Gasteiger partial charge in [-0.15, -0.1) is 0 Å². The maximum Gasteiger partial charge on any atom is 0.222 e. The summed E-state index contributed by atoms with van der Waals surface area (Å²) in [5.41, 5.74) is 0.455. The number of piperidine rings is 1. The molecular formula is C16H21NO2. The normalized spacial score (nSPS) is 28.1. The van der Waals surface area contributed by atoms with Crippen LogP contribution in [0.4, 0.5) is 0 Å². The average molecular weight is 259 g/mol. The minimum Gasteiger partial charge on any atom is -0.494 e. The van der Waals surface area contributed by atoms with Crippen LogP contribution in [0.2, 0.25) is 0 Å². The molecule has 0 N–H and O–H groups in total. The van der Waals surface area contributed by atoms with Crippen molar-refractivity contribution >= 4 is 5.91 Å². The number of carbonyl (C=O) groups is 1. The van der Waals surface area contributed by atoms with Gasteiger partial charge in [-0.2, -0.15) is 0 Å². The Labute approximate surface area is 114 Å². The number of benzene rings is 1. The summed E-state index contributed by atoms with van der Waals surface area (Å²) < 4.78 is 5.60. The number of amides is 1. The van der Waals surface area contributed by atoms with Crippen LogP contribution in [0.5, 0.6) is 5.75 Å². The molecule has 1 aromatic rings. The Balaban J connectivity index is 1.35. The number of para-hydroxylation sites is 1. The van der Waals surface area contributed by atoms with E-state index in [0.717, 1.165) is 31.2 Å². The quantitative estimate of drug-likeness (QED) is 0.761. The fourth-order valence-electron chi connectivity index (χ4n) is 3.03. The number of ether oxygens (including phenoxy) is 1. The van der Waals surface area contributed by atoms with E-state index in [1.54, 1.807) is 0 Å². The molecule has 2 atom stereocenters. The summed E-state index contributed by atoms with van der Waals surface area (Å²) >= 11 is 0. The lowest BCUT2D eigenvalue weighted by Gasteiger charge is -2.19. The molecule has 19 heavy (non-hydrogen) atoms. The fraction of sp³-hybridized carbons (Fsp3) is 0.562. The SMILES string of the molecule is CC12CC1CN(C(=O)CCCOc1ccccc1)C2. The van der Waals surface area contributed by atoms with Crippen LogP contribution in [-0.2, 0) is 4.79 Å². The third kappa shape index (κ3) is 2.75. The molecule has 2 unspecified atom stereocenters. The van der Waals surface area contributed by atoms with Crippen molar-refractivity contribution < 1.29 is 9.53 Å². The number of fused-ring (bicyclic) bond motifs is 1. The minimum atomic E-state index is 0.296. The molecule has 1 heterocycles. The van der Waals surface area contributed by atoms with Crippen molar-refractivity contribution in [3.05, 3.63) is 30.3 Å². The van der Waals surface area contributed by atoms with Crippen LogP contribution in [0.3, 0.4) is 0 Å². The smallest absolute Gasteiger partial charge is 0.222 e. The summed E-state index contributed by atoms with van der Waals surface area (Å²) in [5, 5.41) is 0. The molecule has 102 valence electrons. The highest BCUT2D eigenvalue weighted by molar-refractivity contribution is 5.76. The molecule has 1 aromatic carbocycles. The third-order valence-corrected chi connectivity index (χ3v) is 4.43. The van der Waals surface area contributed by atoms with Crippen LogP contribution in [0, 0.1) is 11.3 Å². The van der Waals surface area contributed by atoms with Crippen molar-refractivity contribution in [3.8, 4) is 5.75 Å². The molecule has 3 nitrogen and oxygen atoms in total. The van der Waals surface area contributed by atoms with E-state index in [4.69, 9.17) is 4.74 Å². The summed E-state index contributed by atoms with van der Waals surface area (Å²) in [6, 6.07) is 9.76. The van der Waals surface area contributed by atoms with Crippen LogP contribution in [0.25, 0.3) is 0 Å². The van der Waals surface area contributed by atoms with Gasteiger partial charge in [0.05, 0.1) is 6.61 Å². The third-order valence-electron chi connectivity index (χ3n) is 4.43. The lowest BCUT2D eigenvalue weighted by atomic mass is 10.1. The van der Waals surface area contributed by atoms with Crippen LogP contribution in [0.15, 0.2) is 30.3 Å². The van der Waals surface area contributed by atoms with Crippen molar-refractivity contribution in [2.24, 2.45) is 11.3 Å². The van der Waals surface area contributed by atoms with Gasteiger partial charge >= 0.3 is 0 Å². The van der Waals surface area contributed by atoms with E-state index in [1.807, 2.05) is 35.2 Å². The first-order valence-electron chi connectivity index (χ1n) is 7.13. The molecule has 0 radical (unpaired) electrons. The number of rotatable bonds is 5. The van der Waals surface area contributed by atoms with Gasteiger partial charge in [0, 0.05) is 19.5 Å². The van der Waals surface area contributed by atoms with E-state index in [9.17, 15) is 4.79 Å². The molecule has 3 heteroatoms. The van der Waals surface area contributed by atoms with Crippen LogP contribution in [-0.4, -0.2) is 30.5 Å². The lowest BCUT2D eigenvalue weighted by molar-refractivity contribution is -0.131. The van der Waals surface area contributed by atoms with E-state index in [2.05, 4.69) is 6.92 Å². The minimum absolute atomic E-state index is 0.296. The highest BCUT2D eigenvalue weighted by atomic mass is 16.5. The van der Waals surface area contributed by atoms with E-state index in [1.165, 1.54) is 6.42 Å². The topological polar surface area (TPSA) is 29.5 Å². The van der Waals surface area contributed by atoms with E-state index >= 15 is 0 Å². The summed E-state index contributed by atoms with van der Waals surface area (Å²) in [6.45, 7) is 4.86.